The van der Waals surface area contributed by atoms with E-state index in [1.54, 1.807) is 36.4 Å². The summed E-state index contributed by atoms with van der Waals surface area (Å²) in [5.74, 6) is -0.431. The van der Waals surface area contributed by atoms with E-state index < -0.39 is 6.36 Å². The second-order valence-corrected chi connectivity index (χ2v) is 9.17. The number of halogens is 3. The summed E-state index contributed by atoms with van der Waals surface area (Å²) >= 11 is 0. The summed E-state index contributed by atoms with van der Waals surface area (Å²) in [6, 6.07) is 21.7. The number of rotatable bonds is 8. The van der Waals surface area contributed by atoms with Gasteiger partial charge in [0.05, 0.1) is 0 Å². The maximum Gasteiger partial charge on any atom is 0.573 e. The van der Waals surface area contributed by atoms with Crippen LogP contribution in [0, 0.1) is 0 Å². The van der Waals surface area contributed by atoms with Crippen LogP contribution >= 0.6 is 0 Å². The Morgan fingerprint density at radius 2 is 1.47 bits per heavy atom. The standard InChI is InChI=1S/C29H31F3N2O2/c1-21(34-19-3-2-4-20-34)23-7-5-22(6-8-23)17-18-33-28(35)26-11-9-24(10-12-26)25-13-15-27(16-14-25)36-29(30,31)32/h5-16,21H,2-4,17-20H2,1H3,(H,33,35). The number of nitrogens with zero attached hydrogens (tertiary/aromatic N) is 1. The zero-order valence-corrected chi connectivity index (χ0v) is 20.4. The van der Waals surface area contributed by atoms with Gasteiger partial charge in [-0.15, -0.1) is 13.2 Å². The fraction of sp³-hybridized carbons (Fsp3) is 0.345. The van der Waals surface area contributed by atoms with E-state index in [1.807, 2.05) is 0 Å². The summed E-state index contributed by atoms with van der Waals surface area (Å²) in [4.78, 5) is 15.1. The van der Waals surface area contributed by atoms with Crippen LogP contribution in [0.15, 0.2) is 72.8 Å². The van der Waals surface area contributed by atoms with Crippen LogP contribution in [0.4, 0.5) is 13.2 Å². The third-order valence-corrected chi connectivity index (χ3v) is 6.67. The average molecular weight is 497 g/mol. The van der Waals surface area contributed by atoms with Gasteiger partial charge >= 0.3 is 6.36 Å². The van der Waals surface area contributed by atoms with Gasteiger partial charge in [0.1, 0.15) is 5.75 Å². The monoisotopic (exact) mass is 496 g/mol. The number of alkyl halides is 3. The highest BCUT2D eigenvalue weighted by Gasteiger charge is 2.31. The minimum atomic E-state index is -4.72. The van der Waals surface area contributed by atoms with Crippen LogP contribution in [-0.4, -0.2) is 36.8 Å². The van der Waals surface area contributed by atoms with Gasteiger partial charge in [0, 0.05) is 18.2 Å². The Hall–Kier alpha value is -3.32. The summed E-state index contributed by atoms with van der Waals surface area (Å²) in [5, 5.41) is 2.95. The lowest BCUT2D eigenvalue weighted by Crippen LogP contribution is -2.32. The lowest BCUT2D eigenvalue weighted by atomic mass is 10.0. The van der Waals surface area contributed by atoms with Crippen molar-refractivity contribution in [2.24, 2.45) is 0 Å². The molecule has 3 aromatic carbocycles. The number of hydrogen-bond acceptors (Lipinski definition) is 3. The van der Waals surface area contributed by atoms with E-state index in [9.17, 15) is 18.0 Å². The average Bonchev–Trinajstić information content (AvgIpc) is 2.89. The van der Waals surface area contributed by atoms with E-state index in [2.05, 4.69) is 46.1 Å². The molecule has 1 amide bonds. The van der Waals surface area contributed by atoms with E-state index in [4.69, 9.17) is 0 Å². The Bertz CT molecular complexity index is 1120. The van der Waals surface area contributed by atoms with Gasteiger partial charge < -0.3 is 10.1 Å². The topological polar surface area (TPSA) is 41.6 Å². The summed E-state index contributed by atoms with van der Waals surface area (Å²) in [5.41, 5.74) is 4.56. The van der Waals surface area contributed by atoms with Crippen molar-refractivity contribution in [3.8, 4) is 16.9 Å². The smallest absolute Gasteiger partial charge is 0.406 e. The van der Waals surface area contributed by atoms with Crippen molar-refractivity contribution < 1.29 is 22.7 Å². The van der Waals surface area contributed by atoms with E-state index in [0.717, 1.165) is 17.5 Å². The molecule has 1 atom stereocenters. The van der Waals surface area contributed by atoms with Crippen molar-refractivity contribution in [3.05, 3.63) is 89.5 Å². The zero-order valence-electron chi connectivity index (χ0n) is 20.4. The molecule has 7 heteroatoms. The van der Waals surface area contributed by atoms with Crippen molar-refractivity contribution >= 4 is 5.91 Å². The molecule has 1 aliphatic rings. The predicted molar refractivity (Wildman–Crippen MR) is 135 cm³/mol. The van der Waals surface area contributed by atoms with Crippen LogP contribution < -0.4 is 10.1 Å². The van der Waals surface area contributed by atoms with E-state index in [1.165, 1.54) is 55.6 Å². The third-order valence-electron chi connectivity index (χ3n) is 6.67. The molecular weight excluding hydrogens is 465 g/mol. The van der Waals surface area contributed by atoms with Gasteiger partial charge in [-0.2, -0.15) is 0 Å². The fourth-order valence-corrected chi connectivity index (χ4v) is 4.56. The normalized spacial score (nSPS) is 15.3. The number of carbonyl (C=O) groups is 1. The van der Waals surface area contributed by atoms with Crippen molar-refractivity contribution in [1.29, 1.82) is 0 Å². The molecule has 1 N–H and O–H groups in total. The minimum Gasteiger partial charge on any atom is -0.406 e. The number of piperidine rings is 1. The molecule has 0 aliphatic carbocycles. The first-order valence-corrected chi connectivity index (χ1v) is 12.4. The highest BCUT2D eigenvalue weighted by Crippen LogP contribution is 2.27. The van der Waals surface area contributed by atoms with Crippen molar-refractivity contribution in [2.45, 2.75) is 45.0 Å². The van der Waals surface area contributed by atoms with E-state index >= 15 is 0 Å². The van der Waals surface area contributed by atoms with Gasteiger partial charge in [-0.25, -0.2) is 0 Å². The van der Waals surface area contributed by atoms with Gasteiger partial charge in [-0.1, -0.05) is 55.0 Å². The van der Waals surface area contributed by atoms with Crippen LogP contribution in [0.3, 0.4) is 0 Å². The maximum absolute atomic E-state index is 12.5. The second-order valence-electron chi connectivity index (χ2n) is 9.17. The Kier molecular flexibility index (Phi) is 8.31. The van der Waals surface area contributed by atoms with E-state index in [-0.39, 0.29) is 11.7 Å². The lowest BCUT2D eigenvalue weighted by molar-refractivity contribution is -0.274. The summed E-state index contributed by atoms with van der Waals surface area (Å²) in [6.45, 7) is 5.13. The molecular formula is C29H31F3N2O2. The summed E-state index contributed by atoms with van der Waals surface area (Å²) in [6.07, 6.45) is -0.0899. The molecule has 1 aliphatic heterocycles. The SMILES string of the molecule is CC(c1ccc(CCNC(=O)c2ccc(-c3ccc(OC(F)(F)F)cc3)cc2)cc1)N1CCCCC1. The molecule has 1 unspecified atom stereocenters. The minimum absolute atomic E-state index is 0.161. The zero-order chi connectivity index (χ0) is 25.5. The Morgan fingerprint density at radius 1 is 0.889 bits per heavy atom. The number of carbonyl (C=O) groups excluding carboxylic acids is 1. The van der Waals surface area contributed by atoms with E-state index in [0.29, 0.717) is 18.2 Å². The lowest BCUT2D eigenvalue weighted by Gasteiger charge is -2.32. The Balaban J connectivity index is 1.26. The van der Waals surface area contributed by atoms with Gasteiger partial charge in [0.2, 0.25) is 0 Å². The van der Waals surface area contributed by atoms with Gasteiger partial charge in [0.15, 0.2) is 0 Å². The predicted octanol–water partition coefficient (Wildman–Crippen LogP) is 6.77. The maximum atomic E-state index is 12.5. The first kappa shape index (κ1) is 25.8. The molecule has 4 nitrogen and oxygen atoms in total. The Labute approximate surface area is 210 Å². The molecule has 1 heterocycles. The molecule has 1 saturated heterocycles. The molecule has 0 aromatic heterocycles. The van der Waals surface area contributed by atoms with Gasteiger partial charge in [0.25, 0.3) is 5.91 Å². The quantitative estimate of drug-likeness (QED) is 0.374. The van der Waals surface area contributed by atoms with Crippen LogP contribution in [0.5, 0.6) is 5.75 Å². The molecule has 0 bridgehead atoms. The number of nitrogens with one attached hydrogen (secondary N) is 1. The molecule has 3 aromatic rings. The number of ether oxygens (including phenoxy) is 1. The number of likely N-dealkylation sites (tertiary alicyclic amines) is 1. The molecule has 0 saturated carbocycles. The molecule has 190 valence electrons. The Morgan fingerprint density at radius 3 is 2.06 bits per heavy atom. The first-order valence-electron chi connectivity index (χ1n) is 12.4. The second kappa shape index (κ2) is 11.6. The van der Waals surface area contributed by atoms with Crippen LogP contribution in [0.2, 0.25) is 0 Å². The molecule has 0 radical (unpaired) electrons. The van der Waals surface area contributed by atoms with Gasteiger partial charge in [-0.05, 0) is 85.8 Å². The molecule has 4 rings (SSSR count). The van der Waals surface area contributed by atoms with Crippen molar-refractivity contribution in [3.63, 3.8) is 0 Å². The highest BCUT2D eigenvalue weighted by atomic mass is 19.4. The van der Waals surface area contributed by atoms with Gasteiger partial charge in [-0.3, -0.25) is 9.69 Å². The third kappa shape index (κ3) is 7.10. The molecule has 36 heavy (non-hydrogen) atoms. The largest absolute Gasteiger partial charge is 0.573 e. The van der Waals surface area contributed by atoms with Crippen molar-refractivity contribution in [2.75, 3.05) is 19.6 Å². The number of benzene rings is 3. The van der Waals surface area contributed by atoms with Crippen LogP contribution in [-0.2, 0) is 6.42 Å². The van der Waals surface area contributed by atoms with Crippen molar-refractivity contribution in [1.82, 2.24) is 10.2 Å². The van der Waals surface area contributed by atoms with Crippen LogP contribution in [0.1, 0.15) is 53.7 Å². The first-order chi connectivity index (χ1) is 17.3. The number of amides is 1. The highest BCUT2D eigenvalue weighted by molar-refractivity contribution is 5.94. The number of hydrogen-bond donors (Lipinski definition) is 1. The fourth-order valence-electron chi connectivity index (χ4n) is 4.56. The molecule has 0 spiro atoms. The van der Waals surface area contributed by atoms with Crippen LogP contribution in [0.25, 0.3) is 11.1 Å². The summed E-state index contributed by atoms with van der Waals surface area (Å²) in [7, 11) is 0. The summed E-state index contributed by atoms with van der Waals surface area (Å²) < 4.78 is 40.9. The molecule has 1 fully saturated rings.